The van der Waals surface area contributed by atoms with Gasteiger partial charge in [-0.3, -0.25) is 4.57 Å². The number of hydrogen-bond donors (Lipinski definition) is 0. The second-order valence-electron chi connectivity index (χ2n) is 8.04. The molecular formula is C22H20ClFN6O. The number of halogens is 2. The largest absolute Gasteiger partial charge is 0.481 e. The topological polar surface area (TPSA) is 79.9 Å². The lowest BCUT2D eigenvalue weighted by atomic mass is 9.58. The summed E-state index contributed by atoms with van der Waals surface area (Å²) in [6.45, 7) is 1.50. The SMILES string of the molecule is COc1ccc(-n2c(CC#N)nnc2N2C[C@@H]3CC[C@]3(c3ccc(F)cc3Cl)C2)cn1. The van der Waals surface area contributed by atoms with Crippen LogP contribution in [0.4, 0.5) is 10.3 Å². The summed E-state index contributed by atoms with van der Waals surface area (Å²) in [5.41, 5.74) is 1.62. The van der Waals surface area contributed by atoms with E-state index in [4.69, 9.17) is 16.3 Å². The molecular weight excluding hydrogens is 419 g/mol. The van der Waals surface area contributed by atoms with Crippen LogP contribution in [0, 0.1) is 23.1 Å². The van der Waals surface area contributed by atoms with Crippen molar-refractivity contribution in [2.75, 3.05) is 25.1 Å². The highest BCUT2D eigenvalue weighted by atomic mass is 35.5. The quantitative estimate of drug-likeness (QED) is 0.604. The van der Waals surface area contributed by atoms with E-state index in [1.807, 2.05) is 16.7 Å². The second kappa shape index (κ2) is 7.50. The van der Waals surface area contributed by atoms with Crippen LogP contribution in [-0.4, -0.2) is 39.9 Å². The molecule has 0 unspecified atom stereocenters. The number of rotatable bonds is 5. The van der Waals surface area contributed by atoms with Gasteiger partial charge in [0.1, 0.15) is 5.82 Å². The Bertz CT molecular complexity index is 1170. The van der Waals surface area contributed by atoms with Crippen molar-refractivity contribution in [1.82, 2.24) is 19.7 Å². The summed E-state index contributed by atoms with van der Waals surface area (Å²) in [6, 6.07) is 10.5. The van der Waals surface area contributed by atoms with E-state index in [0.717, 1.165) is 30.6 Å². The zero-order valence-corrected chi connectivity index (χ0v) is 17.7. The predicted molar refractivity (Wildman–Crippen MR) is 113 cm³/mol. The maximum Gasteiger partial charge on any atom is 0.232 e. The third-order valence-corrected chi connectivity index (χ3v) is 6.84. The Balaban J connectivity index is 1.53. The first-order valence-electron chi connectivity index (χ1n) is 10.1. The fourth-order valence-electron chi connectivity index (χ4n) is 4.91. The summed E-state index contributed by atoms with van der Waals surface area (Å²) in [4.78, 5) is 6.48. The molecule has 1 aliphatic carbocycles. The molecule has 0 N–H and O–H groups in total. The zero-order valence-electron chi connectivity index (χ0n) is 16.9. The van der Waals surface area contributed by atoms with Crippen LogP contribution < -0.4 is 9.64 Å². The monoisotopic (exact) mass is 438 g/mol. The molecule has 0 bridgehead atoms. The molecule has 9 heteroatoms. The van der Waals surface area contributed by atoms with Gasteiger partial charge in [-0.1, -0.05) is 17.7 Å². The zero-order chi connectivity index (χ0) is 21.6. The van der Waals surface area contributed by atoms with Crippen molar-refractivity contribution in [3.63, 3.8) is 0 Å². The minimum Gasteiger partial charge on any atom is -0.481 e. The summed E-state index contributed by atoms with van der Waals surface area (Å²) in [5.74, 6) is 1.80. The van der Waals surface area contributed by atoms with Gasteiger partial charge in [0.05, 0.1) is 31.5 Å². The Kier molecular flexibility index (Phi) is 4.78. The third kappa shape index (κ3) is 3.12. The van der Waals surface area contributed by atoms with E-state index >= 15 is 0 Å². The Morgan fingerprint density at radius 2 is 2.19 bits per heavy atom. The molecule has 1 saturated heterocycles. The number of pyridine rings is 1. The van der Waals surface area contributed by atoms with E-state index in [-0.39, 0.29) is 17.7 Å². The molecule has 7 nitrogen and oxygen atoms in total. The maximum atomic E-state index is 13.6. The van der Waals surface area contributed by atoms with Gasteiger partial charge in [0.2, 0.25) is 11.8 Å². The van der Waals surface area contributed by atoms with E-state index < -0.39 is 0 Å². The molecule has 3 aromatic rings. The van der Waals surface area contributed by atoms with Crippen LogP contribution in [0.1, 0.15) is 24.2 Å². The number of benzene rings is 1. The number of fused-ring (bicyclic) bond motifs is 1. The van der Waals surface area contributed by atoms with Gasteiger partial charge in [-0.2, -0.15) is 5.26 Å². The standard InChI is InChI=1S/C22H20ClFN6O/c1-31-20-5-3-16(11-26-20)30-19(7-9-25)27-28-21(30)29-12-14-6-8-22(14,13-29)17-4-2-15(24)10-18(17)23/h2-5,10-11,14H,6-8,12-13H2,1H3/t14-,22-/m0/s1. The number of hydrogen-bond acceptors (Lipinski definition) is 6. The van der Waals surface area contributed by atoms with Gasteiger partial charge >= 0.3 is 0 Å². The third-order valence-electron chi connectivity index (χ3n) is 6.52. The lowest BCUT2D eigenvalue weighted by Crippen LogP contribution is -2.44. The van der Waals surface area contributed by atoms with Gasteiger partial charge in [-0.05, 0) is 42.5 Å². The van der Waals surface area contributed by atoms with Crippen molar-refractivity contribution in [3.05, 3.63) is 58.8 Å². The molecule has 1 aliphatic heterocycles. The fourth-order valence-corrected chi connectivity index (χ4v) is 5.27. The van der Waals surface area contributed by atoms with Gasteiger partial charge in [0.25, 0.3) is 0 Å². The van der Waals surface area contributed by atoms with Crippen LogP contribution in [0.5, 0.6) is 5.88 Å². The number of anilines is 1. The number of aromatic nitrogens is 4. The van der Waals surface area contributed by atoms with Crippen LogP contribution in [0.3, 0.4) is 0 Å². The molecule has 31 heavy (non-hydrogen) atoms. The minimum atomic E-state index is -0.330. The van der Waals surface area contributed by atoms with E-state index in [9.17, 15) is 9.65 Å². The second-order valence-corrected chi connectivity index (χ2v) is 8.45. The Labute approximate surface area is 184 Å². The van der Waals surface area contributed by atoms with Gasteiger partial charge in [-0.15, -0.1) is 10.2 Å². The first kappa shape index (κ1) is 19.8. The molecule has 2 atom stereocenters. The smallest absolute Gasteiger partial charge is 0.232 e. The van der Waals surface area contributed by atoms with E-state index in [2.05, 4.69) is 26.2 Å². The van der Waals surface area contributed by atoms with Crippen molar-refractivity contribution < 1.29 is 9.13 Å². The van der Waals surface area contributed by atoms with Crippen LogP contribution in [0.15, 0.2) is 36.5 Å². The molecule has 1 saturated carbocycles. The molecule has 1 aromatic carbocycles. The molecule has 3 heterocycles. The summed E-state index contributed by atoms with van der Waals surface area (Å²) in [6.07, 6.45) is 3.88. The van der Waals surface area contributed by atoms with Gasteiger partial charge in [0.15, 0.2) is 5.82 Å². The highest BCUT2D eigenvalue weighted by Gasteiger charge is 2.55. The number of nitrogens with zero attached hydrogens (tertiary/aromatic N) is 6. The van der Waals surface area contributed by atoms with E-state index in [1.54, 1.807) is 19.4 Å². The van der Waals surface area contributed by atoms with Crippen LogP contribution in [-0.2, 0) is 11.8 Å². The molecule has 2 aromatic heterocycles. The van der Waals surface area contributed by atoms with Gasteiger partial charge in [0, 0.05) is 29.6 Å². The molecule has 0 radical (unpaired) electrons. The highest BCUT2D eigenvalue weighted by Crippen LogP contribution is 2.55. The Hall–Kier alpha value is -3.18. The molecule has 5 rings (SSSR count). The first-order valence-corrected chi connectivity index (χ1v) is 10.5. The molecule has 0 amide bonds. The van der Waals surface area contributed by atoms with Gasteiger partial charge < -0.3 is 9.64 Å². The molecule has 2 fully saturated rings. The lowest BCUT2D eigenvalue weighted by molar-refractivity contribution is 0.182. The molecule has 2 aliphatic rings. The van der Waals surface area contributed by atoms with Crippen molar-refractivity contribution in [2.24, 2.45) is 5.92 Å². The lowest BCUT2D eigenvalue weighted by Gasteiger charge is -2.44. The Morgan fingerprint density at radius 3 is 2.84 bits per heavy atom. The minimum absolute atomic E-state index is 0.130. The summed E-state index contributed by atoms with van der Waals surface area (Å²) >= 11 is 6.45. The van der Waals surface area contributed by atoms with E-state index in [1.165, 1.54) is 12.1 Å². The normalized spacial score (nSPS) is 22.0. The van der Waals surface area contributed by atoms with Crippen LogP contribution in [0.2, 0.25) is 5.02 Å². The number of ether oxygens (including phenoxy) is 1. The fraction of sp³-hybridized carbons (Fsp3) is 0.364. The molecule has 0 spiro atoms. The van der Waals surface area contributed by atoms with Crippen LogP contribution in [0.25, 0.3) is 5.69 Å². The Morgan fingerprint density at radius 1 is 1.32 bits per heavy atom. The molecule has 158 valence electrons. The van der Waals surface area contributed by atoms with Crippen molar-refractivity contribution in [3.8, 4) is 17.6 Å². The average Bonchev–Trinajstić information content (AvgIpc) is 3.28. The predicted octanol–water partition coefficient (Wildman–Crippen LogP) is 3.70. The summed E-state index contributed by atoms with van der Waals surface area (Å²) in [5, 5.41) is 18.4. The van der Waals surface area contributed by atoms with Gasteiger partial charge in [-0.25, -0.2) is 9.37 Å². The maximum absolute atomic E-state index is 13.6. The number of nitriles is 1. The van der Waals surface area contributed by atoms with Crippen molar-refractivity contribution in [2.45, 2.75) is 24.7 Å². The average molecular weight is 439 g/mol. The summed E-state index contributed by atoms with van der Waals surface area (Å²) < 4.78 is 20.7. The summed E-state index contributed by atoms with van der Waals surface area (Å²) in [7, 11) is 1.56. The van der Waals surface area contributed by atoms with Crippen molar-refractivity contribution >= 4 is 17.5 Å². The van der Waals surface area contributed by atoms with Crippen molar-refractivity contribution in [1.29, 1.82) is 5.26 Å². The first-order chi connectivity index (χ1) is 15.1. The highest BCUT2D eigenvalue weighted by molar-refractivity contribution is 6.31. The number of methoxy groups -OCH3 is 1. The van der Waals surface area contributed by atoms with Crippen LogP contribution >= 0.6 is 11.6 Å². The van der Waals surface area contributed by atoms with E-state index in [0.29, 0.717) is 35.1 Å².